The number of hydrogen-bond acceptors (Lipinski definition) is 7. The number of hydrogen-bond donors (Lipinski definition) is 2. The van der Waals surface area contributed by atoms with Crippen LogP contribution in [0.2, 0.25) is 0 Å². The van der Waals surface area contributed by atoms with Crippen LogP contribution in [0, 0.1) is 0 Å². The fraction of sp³-hybridized carbons (Fsp3) is 0.0500. The standard InChI is InChI=1S/C20H15N3O5S/c1-28-17(24)10-16-18(25)22-20(29-16)23-21-11-12-6-8-13(9-7-12)14-4-2-3-5-15(14)19(26)27/h2-11H,1H3,(H,26,27)(H,22,23,25)/b16-10+,21-11?. The summed E-state index contributed by atoms with van der Waals surface area (Å²) in [7, 11) is 1.22. The number of methoxy groups -OCH3 is 1. The summed E-state index contributed by atoms with van der Waals surface area (Å²) in [6.45, 7) is 0. The maximum atomic E-state index is 11.7. The smallest absolute Gasteiger partial charge is 0.336 e. The molecule has 1 aliphatic rings. The molecular weight excluding hydrogens is 394 g/mol. The average molecular weight is 409 g/mol. The van der Waals surface area contributed by atoms with Crippen LogP contribution in [0.15, 0.2) is 69.7 Å². The Morgan fingerprint density at radius 2 is 1.86 bits per heavy atom. The quantitative estimate of drug-likeness (QED) is 0.339. The van der Waals surface area contributed by atoms with Gasteiger partial charge in [0.1, 0.15) is 0 Å². The number of carboxylic acid groups (broad SMARTS) is 1. The minimum Gasteiger partial charge on any atom is -0.478 e. The highest BCUT2D eigenvalue weighted by Crippen LogP contribution is 2.25. The van der Waals surface area contributed by atoms with Gasteiger partial charge in [0.25, 0.3) is 5.91 Å². The van der Waals surface area contributed by atoms with Gasteiger partial charge in [-0.15, -0.1) is 5.10 Å². The van der Waals surface area contributed by atoms with E-state index in [1.165, 1.54) is 13.3 Å². The van der Waals surface area contributed by atoms with Crippen LogP contribution in [0.5, 0.6) is 0 Å². The molecule has 2 N–H and O–H groups in total. The maximum Gasteiger partial charge on any atom is 0.336 e. The molecule has 1 heterocycles. The highest BCUT2D eigenvalue weighted by Gasteiger charge is 2.25. The number of carbonyl (C=O) groups excluding carboxylic acids is 2. The lowest BCUT2D eigenvalue weighted by Gasteiger charge is -2.06. The number of carbonyl (C=O) groups is 3. The summed E-state index contributed by atoms with van der Waals surface area (Å²) < 4.78 is 4.49. The van der Waals surface area contributed by atoms with Crippen molar-refractivity contribution in [1.82, 2.24) is 5.32 Å². The number of carboxylic acids is 1. The first-order valence-electron chi connectivity index (χ1n) is 8.30. The highest BCUT2D eigenvalue weighted by atomic mass is 32.2. The van der Waals surface area contributed by atoms with Gasteiger partial charge < -0.3 is 9.84 Å². The Morgan fingerprint density at radius 3 is 2.55 bits per heavy atom. The normalized spacial score (nSPS) is 16.4. The molecule has 0 spiro atoms. The zero-order valence-electron chi connectivity index (χ0n) is 15.2. The molecule has 146 valence electrons. The molecule has 0 unspecified atom stereocenters. The summed E-state index contributed by atoms with van der Waals surface area (Å²) in [5.41, 5.74) is 2.36. The Hall–Kier alpha value is -3.72. The Bertz CT molecular complexity index is 1060. The van der Waals surface area contributed by atoms with Gasteiger partial charge >= 0.3 is 11.9 Å². The Morgan fingerprint density at radius 1 is 1.14 bits per heavy atom. The molecule has 3 rings (SSSR count). The second-order valence-corrected chi connectivity index (χ2v) is 6.74. The van der Waals surface area contributed by atoms with Crippen LogP contribution >= 0.6 is 11.8 Å². The van der Waals surface area contributed by atoms with Crippen LogP contribution in [-0.2, 0) is 14.3 Å². The zero-order valence-corrected chi connectivity index (χ0v) is 16.0. The number of nitrogens with zero attached hydrogens (tertiary/aromatic N) is 2. The van der Waals surface area contributed by atoms with Gasteiger partial charge in [-0.1, -0.05) is 42.5 Å². The Kier molecular flexibility index (Phi) is 6.20. The highest BCUT2D eigenvalue weighted by molar-refractivity contribution is 8.18. The van der Waals surface area contributed by atoms with Gasteiger partial charge in [-0.25, -0.2) is 9.59 Å². The van der Waals surface area contributed by atoms with Crippen molar-refractivity contribution in [2.24, 2.45) is 10.2 Å². The van der Waals surface area contributed by atoms with Crippen LogP contribution in [0.4, 0.5) is 0 Å². The molecule has 1 saturated heterocycles. The molecular formula is C20H15N3O5S. The lowest BCUT2D eigenvalue weighted by molar-refractivity contribution is -0.135. The molecule has 0 saturated carbocycles. The Labute approximate surface area is 170 Å². The van der Waals surface area contributed by atoms with Crippen molar-refractivity contribution >= 4 is 41.0 Å². The molecule has 1 amide bonds. The fourth-order valence-corrected chi connectivity index (χ4v) is 3.20. The van der Waals surface area contributed by atoms with Crippen molar-refractivity contribution in [3.05, 3.63) is 70.6 Å². The van der Waals surface area contributed by atoms with Crippen LogP contribution < -0.4 is 5.32 Å². The summed E-state index contributed by atoms with van der Waals surface area (Å²) in [5, 5.41) is 19.9. The summed E-state index contributed by atoms with van der Waals surface area (Å²) in [4.78, 5) is 34.5. The lowest BCUT2D eigenvalue weighted by atomic mass is 9.99. The molecule has 2 aromatic rings. The molecule has 0 bridgehead atoms. The van der Waals surface area contributed by atoms with E-state index in [1.54, 1.807) is 48.5 Å². The maximum absolute atomic E-state index is 11.7. The minimum atomic E-state index is -0.987. The van der Waals surface area contributed by atoms with E-state index in [2.05, 4.69) is 20.3 Å². The fourth-order valence-electron chi connectivity index (χ4n) is 2.46. The first kappa shape index (κ1) is 20.0. The summed E-state index contributed by atoms with van der Waals surface area (Å²) >= 11 is 0.982. The third kappa shape index (κ3) is 4.96. The number of amidine groups is 1. The van der Waals surface area contributed by atoms with Crippen LogP contribution in [0.3, 0.4) is 0 Å². The molecule has 0 radical (unpaired) electrons. The number of esters is 1. The molecule has 0 atom stereocenters. The number of nitrogens with one attached hydrogen (secondary N) is 1. The van der Waals surface area contributed by atoms with Crippen molar-refractivity contribution in [2.45, 2.75) is 0 Å². The van der Waals surface area contributed by atoms with Gasteiger partial charge in [-0.3, -0.25) is 10.1 Å². The van der Waals surface area contributed by atoms with Crippen molar-refractivity contribution in [3.8, 4) is 11.1 Å². The number of amides is 1. The molecule has 1 aliphatic heterocycles. The molecule has 8 nitrogen and oxygen atoms in total. The second-order valence-electron chi connectivity index (χ2n) is 5.71. The third-order valence-corrected chi connectivity index (χ3v) is 4.74. The van der Waals surface area contributed by atoms with Gasteiger partial charge in [-0.05, 0) is 34.5 Å². The number of rotatable bonds is 5. The van der Waals surface area contributed by atoms with E-state index in [0.29, 0.717) is 5.56 Å². The summed E-state index contributed by atoms with van der Waals surface area (Å²) in [6.07, 6.45) is 2.58. The molecule has 9 heteroatoms. The largest absolute Gasteiger partial charge is 0.478 e. The van der Waals surface area contributed by atoms with Crippen LogP contribution in [-0.4, -0.2) is 41.4 Å². The minimum absolute atomic E-state index is 0.173. The SMILES string of the molecule is COC(=O)/C=C1/S/C(=N\N=Cc2ccc(-c3ccccc3C(=O)O)cc2)NC1=O. The molecule has 1 fully saturated rings. The van der Waals surface area contributed by atoms with Crippen molar-refractivity contribution in [1.29, 1.82) is 0 Å². The molecule has 2 aromatic carbocycles. The van der Waals surface area contributed by atoms with Gasteiger partial charge in [0.2, 0.25) is 0 Å². The lowest BCUT2D eigenvalue weighted by Crippen LogP contribution is -2.19. The second kappa shape index (κ2) is 8.98. The number of benzene rings is 2. The molecule has 29 heavy (non-hydrogen) atoms. The van der Waals surface area contributed by atoms with E-state index in [-0.39, 0.29) is 15.6 Å². The first-order chi connectivity index (χ1) is 14.0. The van der Waals surface area contributed by atoms with Crippen molar-refractivity contribution in [2.75, 3.05) is 7.11 Å². The van der Waals surface area contributed by atoms with Gasteiger partial charge in [0.15, 0.2) is 5.17 Å². The van der Waals surface area contributed by atoms with Crippen molar-refractivity contribution < 1.29 is 24.2 Å². The summed E-state index contributed by atoms with van der Waals surface area (Å²) in [5.74, 6) is -2.06. The van der Waals surface area contributed by atoms with Gasteiger partial charge in [-0.2, -0.15) is 5.10 Å². The van der Waals surface area contributed by atoms with E-state index in [1.807, 2.05) is 0 Å². The van der Waals surface area contributed by atoms with Crippen LogP contribution in [0.25, 0.3) is 11.1 Å². The van der Waals surface area contributed by atoms with Gasteiger partial charge in [0.05, 0.1) is 23.8 Å². The molecule has 0 aliphatic carbocycles. The summed E-state index contributed by atoms with van der Waals surface area (Å²) in [6, 6.07) is 13.9. The Balaban J connectivity index is 1.71. The van der Waals surface area contributed by atoms with E-state index in [4.69, 9.17) is 0 Å². The average Bonchev–Trinajstić information content (AvgIpc) is 3.07. The monoisotopic (exact) mass is 409 g/mol. The van der Waals surface area contributed by atoms with E-state index in [0.717, 1.165) is 29.0 Å². The topological polar surface area (TPSA) is 117 Å². The first-order valence-corrected chi connectivity index (χ1v) is 9.12. The number of aromatic carboxylic acids is 1. The predicted octanol–water partition coefficient (Wildman–Crippen LogP) is 2.66. The van der Waals surface area contributed by atoms with E-state index >= 15 is 0 Å². The number of ether oxygens (including phenoxy) is 1. The third-order valence-electron chi connectivity index (χ3n) is 3.84. The molecule has 0 aromatic heterocycles. The van der Waals surface area contributed by atoms with Crippen LogP contribution in [0.1, 0.15) is 15.9 Å². The van der Waals surface area contributed by atoms with E-state index < -0.39 is 17.8 Å². The number of thioether (sulfide) groups is 1. The van der Waals surface area contributed by atoms with Crippen molar-refractivity contribution in [3.63, 3.8) is 0 Å². The van der Waals surface area contributed by atoms with E-state index in [9.17, 15) is 19.5 Å². The van der Waals surface area contributed by atoms with Gasteiger partial charge in [0, 0.05) is 6.08 Å². The predicted molar refractivity (Wildman–Crippen MR) is 110 cm³/mol. The zero-order chi connectivity index (χ0) is 20.8.